The molecule has 1 aliphatic heterocycles. The molecule has 1 aliphatic rings. The Morgan fingerprint density at radius 3 is 1.23 bits per heavy atom. The van der Waals surface area contributed by atoms with Gasteiger partial charge in [0.15, 0.2) is 5.96 Å². The molecule has 129 heavy (non-hydrogen) atoms. The van der Waals surface area contributed by atoms with Crippen LogP contribution in [0, 0.1) is 11.8 Å². The van der Waals surface area contributed by atoms with Gasteiger partial charge in [0.05, 0.1) is 37.4 Å². The number of hydrogen-bond acceptors (Lipinski definition) is 31. The van der Waals surface area contributed by atoms with Crippen LogP contribution in [-0.4, -0.2) is 318 Å². The molecular formula is C79H130N24O24S2. The van der Waals surface area contributed by atoms with Gasteiger partial charge in [0.25, 0.3) is 0 Å². The summed E-state index contributed by atoms with van der Waals surface area (Å²) in [6.07, 6.45) is -8.37. The fourth-order valence-electron chi connectivity index (χ4n) is 13.0. The lowest BCUT2D eigenvalue weighted by molar-refractivity contribution is -0.142. The molecule has 1 heterocycles. The Labute approximate surface area is 756 Å². The number of carboxylic acids is 1. The first-order chi connectivity index (χ1) is 60.5. The van der Waals surface area contributed by atoms with E-state index in [0.717, 1.165) is 18.7 Å². The van der Waals surface area contributed by atoms with E-state index in [1.165, 1.54) is 62.4 Å². The maximum atomic E-state index is 14.7. The van der Waals surface area contributed by atoms with Gasteiger partial charge in [0.2, 0.25) is 94.5 Å². The molecule has 0 aromatic heterocycles. The van der Waals surface area contributed by atoms with Gasteiger partial charge >= 0.3 is 5.97 Å². The maximum Gasteiger partial charge on any atom is 0.326 e. The Morgan fingerprint density at radius 1 is 0.488 bits per heavy atom. The summed E-state index contributed by atoms with van der Waals surface area (Å²) in [7, 11) is 0. The SMILES string of the molecule is CC[C@H](C)[C@H](NC(=O)[C@@H]1C[C@@H](O)CN1C(=O)[C@@H](N)C(C)C)C(=O)N[C@H](C(=O)N[C@@H](Cc1ccc(O)cc1)C(=O)N[C@H](C(=O)N[C@@H](CC(N)=O)C(=O)N[C@@H](CCCN=C(N)N)C(=O)N[C@@H](CCN)C(=O)N[C@H](C(=O)N[C@H](CCN)C(=O)N[C@@H](CCN)C(=O)N[C@@H](CCN)C(=O)N[C@@H](CO)C(=O)N[C@@H](CS)C(=O)N[C@@H](Cc1ccc(O)cc1)C(=O)O)[C@@H](C)O)[C@@H](C)O)C(C)(C)S. The van der Waals surface area contributed by atoms with E-state index in [1.54, 1.807) is 27.7 Å². The second-order valence-corrected chi connectivity index (χ2v) is 33.6. The van der Waals surface area contributed by atoms with Gasteiger partial charge in [0.1, 0.15) is 102 Å². The molecular weight excluding hydrogens is 1730 g/mol. The first-order valence-corrected chi connectivity index (χ1v) is 42.8. The fraction of sp³-hybridized carbons (Fsp3) is 0.620. The smallest absolute Gasteiger partial charge is 0.326 e. The average molecular weight is 1860 g/mol. The van der Waals surface area contributed by atoms with E-state index in [4.69, 9.17) is 45.9 Å². The quantitative estimate of drug-likeness (QED) is 0.0127. The van der Waals surface area contributed by atoms with Gasteiger partial charge in [-0.3, -0.25) is 81.7 Å². The average Bonchev–Trinajstić information content (AvgIpc) is 1.73. The molecule has 37 N–H and O–H groups in total. The largest absolute Gasteiger partial charge is 0.508 e. The second kappa shape index (κ2) is 54.8. The first kappa shape index (κ1) is 112. The minimum absolute atomic E-state index is 0.0976. The summed E-state index contributed by atoms with van der Waals surface area (Å²) in [5.41, 5.74) is 46.9. The van der Waals surface area contributed by atoms with E-state index in [-0.39, 0.29) is 113 Å². The predicted octanol–water partition coefficient (Wildman–Crippen LogP) is -11.5. The lowest BCUT2D eigenvalue weighted by atomic mass is 9.95. The van der Waals surface area contributed by atoms with E-state index >= 15 is 0 Å². The van der Waals surface area contributed by atoms with Crippen molar-refractivity contribution in [3.63, 3.8) is 0 Å². The van der Waals surface area contributed by atoms with Crippen LogP contribution in [0.1, 0.15) is 124 Å². The Balaban J connectivity index is 1.89. The molecule has 3 rings (SSSR count). The number of carbonyl (C=O) groups is 17. The number of aromatic hydroxyl groups is 2. The summed E-state index contributed by atoms with van der Waals surface area (Å²) < 4.78 is -1.49. The van der Waals surface area contributed by atoms with Gasteiger partial charge in [-0.1, -0.05) is 58.4 Å². The Hall–Kier alpha value is -11.4. The van der Waals surface area contributed by atoms with Gasteiger partial charge in [-0.2, -0.15) is 25.3 Å². The number of phenolic OH excluding ortho intramolecular Hbond substituents is 2. The van der Waals surface area contributed by atoms with Crippen LogP contribution in [0.15, 0.2) is 53.5 Å². The Bertz CT molecular complexity index is 4170. The third-order valence-electron chi connectivity index (χ3n) is 20.6. The minimum Gasteiger partial charge on any atom is -0.508 e. The first-order valence-electron chi connectivity index (χ1n) is 41.7. The number of phenols is 2. The van der Waals surface area contributed by atoms with Crippen molar-refractivity contribution in [3.8, 4) is 11.5 Å². The van der Waals surface area contributed by atoms with Gasteiger partial charge < -0.3 is 161 Å². The number of rotatable bonds is 56. The number of aliphatic imine (C=N–C) groups is 1. The van der Waals surface area contributed by atoms with Gasteiger partial charge in [-0.05, 0) is 140 Å². The van der Waals surface area contributed by atoms with Gasteiger partial charge in [0, 0.05) is 42.9 Å². The molecule has 48 nitrogen and oxygen atoms in total. The zero-order valence-electron chi connectivity index (χ0n) is 73.2. The fourth-order valence-corrected chi connectivity index (χ4v) is 13.4. The molecule has 0 spiro atoms. The lowest BCUT2D eigenvalue weighted by Crippen LogP contribution is -2.64. The van der Waals surface area contributed by atoms with E-state index < -0.39 is 264 Å². The molecule has 0 radical (unpaired) electrons. The van der Waals surface area contributed by atoms with Crippen molar-refractivity contribution < 1.29 is 117 Å². The van der Waals surface area contributed by atoms with Crippen LogP contribution >= 0.6 is 25.3 Å². The van der Waals surface area contributed by atoms with Crippen molar-refractivity contribution in [3.05, 3.63) is 59.7 Å². The number of amides is 16. The normalized spacial score (nSPS) is 17.3. The molecule has 2 aromatic carbocycles. The summed E-state index contributed by atoms with van der Waals surface area (Å²) in [4.78, 5) is 242. The number of aliphatic carboxylic acids is 1. The number of nitrogens with zero attached hydrogens (tertiary/aromatic N) is 2. The van der Waals surface area contributed by atoms with Crippen molar-refractivity contribution in [2.45, 2.75) is 246 Å². The number of hydrogen-bond donors (Lipinski definition) is 31. The number of β-amino-alcohol motifs (C(OH)–C–C–N with tert-alkyl or cyclic N) is 1. The summed E-state index contributed by atoms with van der Waals surface area (Å²) in [5.74, 6) is -21.1. The number of primary amides is 1. The summed E-state index contributed by atoms with van der Waals surface area (Å²) in [6, 6.07) is -15.7. The molecule has 50 heteroatoms. The summed E-state index contributed by atoms with van der Waals surface area (Å²) >= 11 is 8.71. The van der Waals surface area contributed by atoms with Crippen molar-refractivity contribution >= 4 is 132 Å². The molecule has 0 unspecified atom stereocenters. The number of likely N-dealkylation sites (tertiary alicyclic amines) is 1. The zero-order chi connectivity index (χ0) is 97.6. The van der Waals surface area contributed by atoms with Crippen molar-refractivity contribution in [1.29, 1.82) is 0 Å². The molecule has 1 fully saturated rings. The number of carboxylic acid groups (broad SMARTS) is 1. The third-order valence-corrected chi connectivity index (χ3v) is 21.3. The van der Waals surface area contributed by atoms with Crippen molar-refractivity contribution in [2.24, 2.45) is 62.7 Å². The number of carbonyl (C=O) groups excluding carboxylic acids is 16. The van der Waals surface area contributed by atoms with E-state index in [0.29, 0.717) is 5.56 Å². The van der Waals surface area contributed by atoms with Crippen LogP contribution in [0.2, 0.25) is 0 Å². The number of nitrogens with one attached hydrogen (secondary N) is 14. The molecule has 722 valence electrons. The highest BCUT2D eigenvalue weighted by atomic mass is 32.1. The maximum absolute atomic E-state index is 14.7. The standard InChI is InChI=1S/C79H130N24O24S2/c1-9-37(4)58(99-71(120)55-31-44(109)33-103(55)76(125)57(85)36(2)3)72(121)102-61(79(7,8)129)75(124)95-50(29-40-12-16-42(107)17-13-40)68(117)101-60(39(6)106)74(123)94-51(32-56(84)110)67(116)89-45(11-10-28-88-78(86)87)62(111)92-49(23-27-83)66(115)100-59(38(5)105)73(122)93-48(22-26-82)64(113)90-46(20-24-80)63(112)91-47(21-25-81)65(114)97-53(34-104)69(118)98-54(35-128)70(119)96-52(77(126)127)30-41-14-18-43(108)19-15-41/h12-19,36-39,44-55,57-61,104-109,128-129H,9-11,20-35,80-83,85H2,1-8H3,(H2,84,110)(H,89,116)(H,90,113)(H,91,112)(H,92,111)(H,93,122)(H,94,123)(H,95,124)(H,96,119)(H,97,114)(H,98,118)(H,99,120)(H,100,115)(H,101,117)(H,102,121)(H,126,127)(H4,86,87,88)/t37-,38+,39+,44+,45-,46-,47-,48+,49-,50-,51-,52-,53-,54-,55-,57-,58-,59-,60-,61+/m0/s1. The highest BCUT2D eigenvalue weighted by Crippen LogP contribution is 2.24. The molecule has 0 bridgehead atoms. The van der Waals surface area contributed by atoms with Crippen LogP contribution in [0.3, 0.4) is 0 Å². The summed E-state index contributed by atoms with van der Waals surface area (Å²) in [6.45, 7) is 8.97. The monoisotopic (exact) mass is 1860 g/mol. The van der Waals surface area contributed by atoms with Crippen molar-refractivity contribution in [1.82, 2.24) is 79.3 Å². The molecule has 2 aromatic rings. The minimum atomic E-state index is -2.07. The lowest BCUT2D eigenvalue weighted by Gasteiger charge is -2.34. The molecule has 0 saturated carbocycles. The highest BCUT2D eigenvalue weighted by Gasteiger charge is 2.46. The van der Waals surface area contributed by atoms with Crippen LogP contribution in [0.4, 0.5) is 0 Å². The molecule has 20 atom stereocenters. The topological polar surface area (TPSA) is 824 Å². The van der Waals surface area contributed by atoms with E-state index in [2.05, 4.69) is 105 Å². The van der Waals surface area contributed by atoms with E-state index in [1.807, 2.05) is 0 Å². The van der Waals surface area contributed by atoms with E-state index in [9.17, 15) is 117 Å². The third kappa shape index (κ3) is 37.0. The van der Waals surface area contributed by atoms with Gasteiger partial charge in [-0.25, -0.2) is 4.79 Å². The molecule has 0 aliphatic carbocycles. The van der Waals surface area contributed by atoms with Crippen LogP contribution < -0.4 is 120 Å². The Morgan fingerprint density at radius 2 is 0.845 bits per heavy atom. The van der Waals surface area contributed by atoms with Gasteiger partial charge in [-0.15, -0.1) is 0 Å². The summed E-state index contributed by atoms with van der Waals surface area (Å²) in [5, 5.41) is 106. The molecule has 1 saturated heterocycles. The number of aliphatic hydroxyl groups excluding tert-OH is 4. The molecule has 16 amide bonds. The van der Waals surface area contributed by atoms with Crippen LogP contribution in [0.25, 0.3) is 0 Å². The zero-order valence-corrected chi connectivity index (χ0v) is 74.9. The number of thiol groups is 2. The van der Waals surface area contributed by atoms with Crippen LogP contribution in [0.5, 0.6) is 11.5 Å². The number of aliphatic hydroxyl groups is 4. The van der Waals surface area contributed by atoms with Crippen LogP contribution in [-0.2, 0) is 94.3 Å². The number of nitrogens with two attached hydrogens (primary N) is 8. The second-order valence-electron chi connectivity index (χ2n) is 32.1. The van der Waals surface area contributed by atoms with Crippen molar-refractivity contribution in [2.75, 3.05) is 51.6 Å². The number of benzene rings is 2. The Kier molecular flexibility index (Phi) is 47.5. The predicted molar refractivity (Wildman–Crippen MR) is 472 cm³/mol. The highest BCUT2D eigenvalue weighted by molar-refractivity contribution is 7.81. The number of guanidine groups is 1.